The number of aromatic nitrogens is 2. The molecule has 1 aromatic carbocycles. The van der Waals surface area contributed by atoms with Crippen LogP contribution in [0.15, 0.2) is 24.4 Å². The van der Waals surface area contributed by atoms with E-state index in [4.69, 9.17) is 4.98 Å². The number of hydrogen-bond acceptors (Lipinski definition) is 7. The van der Waals surface area contributed by atoms with E-state index in [1.54, 1.807) is 24.6 Å². The van der Waals surface area contributed by atoms with Crippen LogP contribution in [0.2, 0.25) is 0 Å². The summed E-state index contributed by atoms with van der Waals surface area (Å²) in [6.07, 6.45) is 6.96. The van der Waals surface area contributed by atoms with Gasteiger partial charge < -0.3 is 10.2 Å². The minimum atomic E-state index is -0.0906. The van der Waals surface area contributed by atoms with E-state index >= 15 is 0 Å². The number of fused-ring (bicyclic) bond motifs is 1. The molecule has 4 heterocycles. The highest BCUT2D eigenvalue weighted by Gasteiger charge is 2.30. The maximum absolute atomic E-state index is 11.8. The molecule has 1 N–H and O–H groups in total. The van der Waals surface area contributed by atoms with E-state index < -0.39 is 0 Å². The molecule has 2 aliphatic rings. The molecule has 0 unspecified atom stereocenters. The first-order valence-corrected chi connectivity index (χ1v) is 11.9. The van der Waals surface area contributed by atoms with Gasteiger partial charge in [0.05, 0.1) is 16.4 Å². The van der Waals surface area contributed by atoms with Gasteiger partial charge >= 0.3 is 0 Å². The number of anilines is 1. The lowest BCUT2D eigenvalue weighted by atomic mass is 10.1. The number of rotatable bonds is 4. The molecular formula is C21H25N5OS2. The fraction of sp³-hybridized carbons (Fsp3) is 0.476. The monoisotopic (exact) mass is 427 g/mol. The van der Waals surface area contributed by atoms with Crippen molar-refractivity contribution in [2.24, 2.45) is 0 Å². The first kappa shape index (κ1) is 19.0. The predicted octanol–water partition coefficient (Wildman–Crippen LogP) is 3.84. The topological polar surface area (TPSA) is 61.4 Å². The zero-order valence-electron chi connectivity index (χ0n) is 16.6. The van der Waals surface area contributed by atoms with E-state index in [1.165, 1.54) is 54.8 Å². The van der Waals surface area contributed by atoms with Crippen molar-refractivity contribution in [2.75, 3.05) is 38.1 Å². The highest BCUT2D eigenvalue weighted by atomic mass is 32.1. The third kappa shape index (κ3) is 3.76. The van der Waals surface area contributed by atoms with Gasteiger partial charge in [-0.25, -0.2) is 9.97 Å². The second-order valence-corrected chi connectivity index (χ2v) is 9.81. The molecule has 6 nitrogen and oxygen atoms in total. The van der Waals surface area contributed by atoms with Gasteiger partial charge in [-0.1, -0.05) is 17.8 Å². The summed E-state index contributed by atoms with van der Waals surface area (Å²) in [5.74, 6) is -0.0906. The molecule has 2 aromatic heterocycles. The molecule has 0 radical (unpaired) electrons. The number of carbonyl (C=O) groups is 1. The van der Waals surface area contributed by atoms with E-state index in [-0.39, 0.29) is 5.91 Å². The maximum Gasteiger partial charge on any atom is 0.262 e. The van der Waals surface area contributed by atoms with Crippen molar-refractivity contribution in [1.82, 2.24) is 20.2 Å². The first-order chi connectivity index (χ1) is 14.2. The summed E-state index contributed by atoms with van der Waals surface area (Å²) in [6.45, 7) is 4.70. The average molecular weight is 428 g/mol. The molecule has 2 saturated heterocycles. The Balaban J connectivity index is 1.34. The minimum Gasteiger partial charge on any atom is -0.354 e. The summed E-state index contributed by atoms with van der Waals surface area (Å²) in [7, 11) is 1.64. The Morgan fingerprint density at radius 1 is 1.17 bits per heavy atom. The van der Waals surface area contributed by atoms with E-state index in [0.717, 1.165) is 34.3 Å². The number of benzene rings is 1. The van der Waals surface area contributed by atoms with Gasteiger partial charge in [-0.3, -0.25) is 9.69 Å². The van der Waals surface area contributed by atoms with Crippen LogP contribution >= 0.6 is 22.7 Å². The molecule has 5 rings (SSSR count). The fourth-order valence-electron chi connectivity index (χ4n) is 4.31. The van der Waals surface area contributed by atoms with Gasteiger partial charge in [0, 0.05) is 31.7 Å². The highest BCUT2D eigenvalue weighted by Crippen LogP contribution is 2.35. The van der Waals surface area contributed by atoms with Crippen LogP contribution in [0.25, 0.3) is 20.8 Å². The first-order valence-electron chi connectivity index (χ1n) is 10.3. The van der Waals surface area contributed by atoms with Gasteiger partial charge in [-0.15, -0.1) is 11.3 Å². The number of nitrogens with zero attached hydrogens (tertiary/aromatic N) is 4. The summed E-state index contributed by atoms with van der Waals surface area (Å²) in [4.78, 5) is 26.9. The van der Waals surface area contributed by atoms with Crippen molar-refractivity contribution in [1.29, 1.82) is 0 Å². The van der Waals surface area contributed by atoms with Crippen LogP contribution in [0.3, 0.4) is 0 Å². The zero-order valence-corrected chi connectivity index (χ0v) is 18.2. The lowest BCUT2D eigenvalue weighted by molar-refractivity contribution is 0.0967. The minimum absolute atomic E-state index is 0.0906. The Bertz CT molecular complexity index is 1020. The number of carbonyl (C=O) groups excluding carboxylic acids is 1. The van der Waals surface area contributed by atoms with E-state index in [0.29, 0.717) is 10.9 Å². The Kier molecular flexibility index (Phi) is 5.24. The summed E-state index contributed by atoms with van der Waals surface area (Å²) in [5.41, 5.74) is 2.08. The van der Waals surface area contributed by atoms with Gasteiger partial charge in [0.25, 0.3) is 5.91 Å². The molecule has 8 heteroatoms. The normalized spacial score (nSPS) is 20.4. The summed E-state index contributed by atoms with van der Waals surface area (Å²) < 4.78 is 1.18. The maximum atomic E-state index is 11.8. The summed E-state index contributed by atoms with van der Waals surface area (Å²) in [5, 5.41) is 4.65. The van der Waals surface area contributed by atoms with E-state index in [9.17, 15) is 4.79 Å². The van der Waals surface area contributed by atoms with E-state index in [1.807, 2.05) is 0 Å². The number of hydrogen-bond donors (Lipinski definition) is 1. The van der Waals surface area contributed by atoms with Crippen molar-refractivity contribution >= 4 is 43.9 Å². The average Bonchev–Trinajstić information content (AvgIpc) is 3.52. The van der Waals surface area contributed by atoms with Crippen LogP contribution in [-0.4, -0.2) is 60.0 Å². The van der Waals surface area contributed by atoms with Crippen LogP contribution in [0, 0.1) is 0 Å². The third-order valence-corrected chi connectivity index (χ3v) is 8.05. The van der Waals surface area contributed by atoms with Crippen LogP contribution in [0.4, 0.5) is 5.13 Å². The Morgan fingerprint density at radius 3 is 2.86 bits per heavy atom. The lowest BCUT2D eigenvalue weighted by Gasteiger charge is -2.32. The van der Waals surface area contributed by atoms with Gasteiger partial charge in [0.15, 0.2) is 5.13 Å². The third-order valence-electron chi connectivity index (χ3n) is 5.92. The van der Waals surface area contributed by atoms with Gasteiger partial charge in [-0.2, -0.15) is 0 Å². The summed E-state index contributed by atoms with van der Waals surface area (Å²) in [6, 6.07) is 6.96. The van der Waals surface area contributed by atoms with Crippen LogP contribution in [-0.2, 0) is 0 Å². The second kappa shape index (κ2) is 8.01. The molecule has 0 saturated carbocycles. The van der Waals surface area contributed by atoms with Crippen molar-refractivity contribution in [3.8, 4) is 10.6 Å². The largest absolute Gasteiger partial charge is 0.354 e. The molecule has 1 amide bonds. The van der Waals surface area contributed by atoms with Crippen LogP contribution in [0.5, 0.6) is 0 Å². The molecule has 0 aliphatic carbocycles. The van der Waals surface area contributed by atoms with Crippen molar-refractivity contribution in [2.45, 2.75) is 31.7 Å². The van der Waals surface area contributed by atoms with Crippen LogP contribution < -0.4 is 10.2 Å². The van der Waals surface area contributed by atoms with Gasteiger partial charge in [0.1, 0.15) is 9.88 Å². The molecular weight excluding hydrogens is 402 g/mol. The lowest BCUT2D eigenvalue weighted by Crippen LogP contribution is -2.40. The molecule has 2 aliphatic heterocycles. The molecule has 152 valence electrons. The van der Waals surface area contributed by atoms with Crippen LogP contribution in [0.1, 0.15) is 35.4 Å². The molecule has 29 heavy (non-hydrogen) atoms. The number of piperidine rings is 1. The van der Waals surface area contributed by atoms with Gasteiger partial charge in [-0.05, 0) is 50.6 Å². The molecule has 3 aromatic rings. The number of nitrogens with one attached hydrogen (secondary N) is 1. The van der Waals surface area contributed by atoms with Crippen molar-refractivity contribution in [3.05, 3.63) is 29.3 Å². The fourth-order valence-corrected chi connectivity index (χ4v) is 6.21. The highest BCUT2D eigenvalue weighted by molar-refractivity contribution is 7.22. The smallest absolute Gasteiger partial charge is 0.262 e. The second-order valence-electron chi connectivity index (χ2n) is 7.77. The Hall–Kier alpha value is -2.03. The molecule has 0 bridgehead atoms. The SMILES string of the molecule is CNC(=O)c1cnc(-c2ccc3nc(N4CC[C@@H](N5CCCCC5)C4)sc3c2)s1. The predicted molar refractivity (Wildman–Crippen MR) is 120 cm³/mol. The quantitative estimate of drug-likeness (QED) is 0.685. The summed E-state index contributed by atoms with van der Waals surface area (Å²) >= 11 is 3.18. The standard InChI is InChI=1S/C21H25N5OS2/c1-22-19(27)18-12-23-20(28-18)14-5-6-16-17(11-14)29-21(24-16)26-10-7-15(13-26)25-8-3-2-4-9-25/h5-6,11-12,15H,2-4,7-10,13H2,1H3,(H,22,27)/t15-/m1/s1. The molecule has 0 spiro atoms. The molecule has 2 fully saturated rings. The number of amides is 1. The van der Waals surface area contributed by atoms with Gasteiger partial charge in [0.2, 0.25) is 0 Å². The van der Waals surface area contributed by atoms with Crippen molar-refractivity contribution < 1.29 is 4.79 Å². The van der Waals surface area contributed by atoms with E-state index in [2.05, 4.69) is 38.3 Å². The Morgan fingerprint density at radius 2 is 2.03 bits per heavy atom. The number of likely N-dealkylation sites (tertiary alicyclic amines) is 1. The zero-order chi connectivity index (χ0) is 19.8. The Labute approximate surface area is 178 Å². The number of thiazole rings is 2. The molecule has 1 atom stereocenters. The van der Waals surface area contributed by atoms with Crippen molar-refractivity contribution in [3.63, 3.8) is 0 Å².